The molecule has 10 heteroatoms. The Hall–Kier alpha value is -2.85. The van der Waals surface area contributed by atoms with Crippen LogP contribution < -0.4 is 15.6 Å². The maximum Gasteiger partial charge on any atom is 0.343 e. The van der Waals surface area contributed by atoms with Crippen molar-refractivity contribution in [1.29, 1.82) is 0 Å². The van der Waals surface area contributed by atoms with Gasteiger partial charge in [0.05, 0.1) is 12.0 Å². The van der Waals surface area contributed by atoms with Gasteiger partial charge in [-0.2, -0.15) is 0 Å². The van der Waals surface area contributed by atoms with Gasteiger partial charge in [0.25, 0.3) is 0 Å². The van der Waals surface area contributed by atoms with Crippen LogP contribution in [0.1, 0.15) is 30.1 Å². The van der Waals surface area contributed by atoms with E-state index in [0.717, 1.165) is 25.9 Å². The van der Waals surface area contributed by atoms with E-state index in [1.165, 1.54) is 23.6 Å². The Bertz CT molecular complexity index is 1180. The molecule has 162 valence electrons. The van der Waals surface area contributed by atoms with Crippen LogP contribution in [0.5, 0.6) is 0 Å². The lowest BCUT2D eigenvalue weighted by Crippen LogP contribution is -2.40. The number of nitrogens with zero attached hydrogens (tertiary/aromatic N) is 4. The molecule has 2 aliphatic heterocycles. The number of thiazole rings is 1. The number of esters is 1. The van der Waals surface area contributed by atoms with Crippen LogP contribution in [0.4, 0.5) is 10.2 Å². The number of aromatic nitrogens is 3. The molecule has 0 aliphatic carbocycles. The summed E-state index contributed by atoms with van der Waals surface area (Å²) in [6.45, 7) is 4.15. The van der Waals surface area contributed by atoms with Crippen molar-refractivity contribution in [3.63, 3.8) is 0 Å². The van der Waals surface area contributed by atoms with Crippen LogP contribution in [0.25, 0.3) is 16.2 Å². The number of carbonyl (C=O) groups is 1. The van der Waals surface area contributed by atoms with Gasteiger partial charge in [-0.05, 0) is 38.3 Å². The van der Waals surface area contributed by atoms with Crippen molar-refractivity contribution in [2.24, 2.45) is 5.92 Å². The molecule has 0 radical (unpaired) electrons. The molecule has 0 spiro atoms. The van der Waals surface area contributed by atoms with Crippen LogP contribution in [0.2, 0.25) is 0 Å². The normalized spacial score (nSPS) is 20.8. The Labute approximate surface area is 181 Å². The SMILES string of the molecule is CCOC(=O)c1cn(-c2nccs2)c2nc(N3C[C@@H]4CCCN[C@@H]4C3)c(F)cc2c1=O. The summed E-state index contributed by atoms with van der Waals surface area (Å²) in [5.41, 5.74) is -0.502. The van der Waals surface area contributed by atoms with Crippen molar-refractivity contribution < 1.29 is 13.9 Å². The molecule has 5 rings (SSSR count). The third kappa shape index (κ3) is 3.49. The molecule has 3 aromatic rings. The van der Waals surface area contributed by atoms with Crippen LogP contribution >= 0.6 is 11.3 Å². The summed E-state index contributed by atoms with van der Waals surface area (Å²) in [5, 5.41) is 5.84. The fraction of sp³-hybridized carbons (Fsp3) is 0.429. The van der Waals surface area contributed by atoms with Crippen LogP contribution in [0.3, 0.4) is 0 Å². The Kier molecular flexibility index (Phi) is 5.19. The number of anilines is 1. The van der Waals surface area contributed by atoms with Crippen molar-refractivity contribution in [1.82, 2.24) is 19.9 Å². The predicted octanol–water partition coefficient (Wildman–Crippen LogP) is 2.35. The van der Waals surface area contributed by atoms with Gasteiger partial charge in [0, 0.05) is 36.9 Å². The highest BCUT2D eigenvalue weighted by Crippen LogP contribution is 2.31. The average Bonchev–Trinajstić information content (AvgIpc) is 3.44. The molecule has 31 heavy (non-hydrogen) atoms. The molecule has 2 atom stereocenters. The second kappa shape index (κ2) is 8.01. The van der Waals surface area contributed by atoms with Gasteiger partial charge < -0.3 is 15.0 Å². The smallest absolute Gasteiger partial charge is 0.343 e. The van der Waals surface area contributed by atoms with Crippen LogP contribution in [0, 0.1) is 11.7 Å². The first-order chi connectivity index (χ1) is 15.1. The zero-order valence-electron chi connectivity index (χ0n) is 17.0. The first kappa shape index (κ1) is 20.1. The van der Waals surface area contributed by atoms with Crippen molar-refractivity contribution >= 4 is 34.2 Å². The number of pyridine rings is 2. The van der Waals surface area contributed by atoms with E-state index in [2.05, 4.69) is 15.3 Å². The highest BCUT2D eigenvalue weighted by molar-refractivity contribution is 7.12. The third-order valence-electron chi connectivity index (χ3n) is 5.93. The lowest BCUT2D eigenvalue weighted by atomic mass is 9.94. The van der Waals surface area contributed by atoms with Gasteiger partial charge in [-0.1, -0.05) is 0 Å². The van der Waals surface area contributed by atoms with Crippen LogP contribution in [0.15, 0.2) is 28.6 Å². The fourth-order valence-corrected chi connectivity index (χ4v) is 5.11. The average molecular weight is 444 g/mol. The molecule has 0 aromatic carbocycles. The minimum Gasteiger partial charge on any atom is -0.462 e. The van der Waals surface area contributed by atoms with Crippen molar-refractivity contribution in [3.8, 4) is 5.13 Å². The summed E-state index contributed by atoms with van der Waals surface area (Å²) in [5.74, 6) is -0.649. The van der Waals surface area contributed by atoms with Crippen molar-refractivity contribution in [3.05, 3.63) is 45.4 Å². The van der Waals surface area contributed by atoms with Crippen LogP contribution in [-0.4, -0.2) is 52.8 Å². The molecular formula is C21H22FN5O3S. The highest BCUT2D eigenvalue weighted by atomic mass is 32.1. The van der Waals surface area contributed by atoms with Gasteiger partial charge in [0.1, 0.15) is 5.56 Å². The minimum absolute atomic E-state index is 0.0248. The molecule has 8 nitrogen and oxygen atoms in total. The minimum atomic E-state index is -0.751. The molecule has 0 unspecified atom stereocenters. The number of rotatable bonds is 4. The van der Waals surface area contributed by atoms with Gasteiger partial charge in [-0.3, -0.25) is 9.36 Å². The molecule has 0 amide bonds. The lowest BCUT2D eigenvalue weighted by molar-refractivity contribution is 0.0524. The summed E-state index contributed by atoms with van der Waals surface area (Å²) in [6, 6.07) is 1.50. The molecular weight excluding hydrogens is 421 g/mol. The number of hydrogen-bond donors (Lipinski definition) is 1. The van der Waals surface area contributed by atoms with E-state index in [-0.39, 0.29) is 29.0 Å². The lowest BCUT2D eigenvalue weighted by Gasteiger charge is -2.24. The van der Waals surface area contributed by atoms with E-state index in [4.69, 9.17) is 4.74 Å². The number of carbonyl (C=O) groups excluding carboxylic acids is 1. The third-order valence-corrected chi connectivity index (χ3v) is 6.70. The van der Waals surface area contributed by atoms with Gasteiger partial charge >= 0.3 is 5.97 Å². The van der Waals surface area contributed by atoms with E-state index in [1.54, 1.807) is 23.1 Å². The molecule has 0 bridgehead atoms. The van der Waals surface area contributed by atoms with Gasteiger partial charge in [-0.25, -0.2) is 19.2 Å². The second-order valence-corrected chi connectivity index (χ2v) is 8.68. The van der Waals surface area contributed by atoms with E-state index < -0.39 is 17.2 Å². The maximum atomic E-state index is 15.2. The number of ether oxygens (including phenoxy) is 1. The molecule has 2 aliphatic rings. The van der Waals surface area contributed by atoms with E-state index in [9.17, 15) is 9.59 Å². The van der Waals surface area contributed by atoms with E-state index in [0.29, 0.717) is 23.6 Å². The zero-order chi connectivity index (χ0) is 21.5. The number of hydrogen-bond acceptors (Lipinski definition) is 8. The van der Waals surface area contributed by atoms with Crippen LogP contribution in [-0.2, 0) is 4.74 Å². The maximum absolute atomic E-state index is 15.2. The molecule has 2 fully saturated rings. The van der Waals surface area contributed by atoms with Gasteiger partial charge in [-0.15, -0.1) is 11.3 Å². The molecule has 3 aromatic heterocycles. The standard InChI is InChI=1S/C21H22FN5O3S/c1-2-30-20(29)14-10-27(21-24-6-7-31-21)18-13(17(14)28)8-15(22)19(25-18)26-9-12-4-3-5-23-16(12)11-26/h6-8,10,12,16,23H,2-5,9,11H2,1H3/t12-,16+/m0/s1. The second-order valence-electron chi connectivity index (χ2n) is 7.81. The van der Waals surface area contributed by atoms with Crippen molar-refractivity contribution in [2.75, 3.05) is 31.1 Å². The topological polar surface area (TPSA) is 89.3 Å². The summed E-state index contributed by atoms with van der Waals surface area (Å²) in [4.78, 5) is 36.2. The highest BCUT2D eigenvalue weighted by Gasteiger charge is 2.36. The molecule has 1 N–H and O–H groups in total. The summed E-state index contributed by atoms with van der Waals surface area (Å²) >= 11 is 1.33. The number of fused-ring (bicyclic) bond motifs is 2. The number of nitrogens with one attached hydrogen (secondary N) is 1. The van der Waals surface area contributed by atoms with E-state index in [1.807, 2.05) is 4.90 Å². The fourth-order valence-electron chi connectivity index (χ4n) is 4.49. The monoisotopic (exact) mass is 443 g/mol. The first-order valence-electron chi connectivity index (χ1n) is 10.4. The Morgan fingerprint density at radius 1 is 1.42 bits per heavy atom. The summed E-state index contributed by atoms with van der Waals surface area (Å²) in [6.07, 6.45) is 5.23. The summed E-state index contributed by atoms with van der Waals surface area (Å²) < 4.78 is 21.8. The Morgan fingerprint density at radius 3 is 3.03 bits per heavy atom. The quantitative estimate of drug-likeness (QED) is 0.619. The van der Waals surface area contributed by atoms with Crippen molar-refractivity contribution in [2.45, 2.75) is 25.8 Å². The Balaban J connectivity index is 1.67. The largest absolute Gasteiger partial charge is 0.462 e. The predicted molar refractivity (Wildman–Crippen MR) is 116 cm³/mol. The first-order valence-corrected chi connectivity index (χ1v) is 11.3. The molecule has 2 saturated heterocycles. The Morgan fingerprint density at radius 2 is 2.29 bits per heavy atom. The zero-order valence-corrected chi connectivity index (χ0v) is 17.8. The number of piperidine rings is 1. The van der Waals surface area contributed by atoms with Gasteiger partial charge in [0.2, 0.25) is 5.43 Å². The molecule has 0 saturated carbocycles. The summed E-state index contributed by atoms with van der Waals surface area (Å²) in [7, 11) is 0. The molecule has 5 heterocycles. The van der Waals surface area contributed by atoms with Gasteiger partial charge in [0.15, 0.2) is 22.4 Å². The van der Waals surface area contributed by atoms with E-state index >= 15 is 4.39 Å². The number of halogens is 1.